The van der Waals surface area contributed by atoms with Gasteiger partial charge in [-0.1, -0.05) is 0 Å². The van der Waals surface area contributed by atoms with Crippen molar-refractivity contribution in [3.63, 3.8) is 0 Å². The van der Waals surface area contributed by atoms with Crippen LogP contribution in [0.3, 0.4) is 0 Å². The van der Waals surface area contributed by atoms with Crippen LogP contribution < -0.4 is 4.90 Å². The lowest BCUT2D eigenvalue weighted by Crippen LogP contribution is -2.45. The van der Waals surface area contributed by atoms with Gasteiger partial charge in [0.05, 0.1) is 23.1 Å². The Morgan fingerprint density at radius 3 is 2.74 bits per heavy atom. The second-order valence-corrected chi connectivity index (χ2v) is 7.25. The molecule has 2 rings (SSSR count). The predicted octanol–water partition coefficient (Wildman–Crippen LogP) is 3.77. The van der Waals surface area contributed by atoms with Crippen molar-refractivity contribution in [1.29, 1.82) is 0 Å². The third-order valence-electron chi connectivity index (χ3n) is 4.64. The number of nitro groups is 1. The zero-order chi connectivity index (χ0) is 17.2. The van der Waals surface area contributed by atoms with E-state index in [2.05, 4.69) is 20.8 Å². The molecule has 23 heavy (non-hydrogen) atoms. The van der Waals surface area contributed by atoms with Gasteiger partial charge in [-0.15, -0.1) is 0 Å². The molecule has 0 spiro atoms. The smallest absolute Gasteiger partial charge is 0.311 e. The monoisotopic (exact) mass is 384 g/mol. The maximum Gasteiger partial charge on any atom is 0.311 e. The molecule has 1 fully saturated rings. The van der Waals surface area contributed by atoms with Crippen LogP contribution in [0.1, 0.15) is 26.7 Å². The number of esters is 1. The van der Waals surface area contributed by atoms with E-state index >= 15 is 0 Å². The minimum absolute atomic E-state index is 0.0593. The fourth-order valence-corrected chi connectivity index (χ4v) is 3.70. The average molecular weight is 385 g/mol. The Balaban J connectivity index is 2.22. The number of non-ortho nitro benzene ring substituents is 1. The van der Waals surface area contributed by atoms with E-state index in [0.717, 1.165) is 31.6 Å². The number of piperidine rings is 1. The fraction of sp³-hybridized carbons (Fsp3) is 0.562. The molecule has 0 radical (unpaired) electrons. The molecule has 6 nitrogen and oxygen atoms in total. The number of carbonyl (C=O) groups excluding carboxylic acids is 1. The summed E-state index contributed by atoms with van der Waals surface area (Å²) < 4.78 is 5.63. The van der Waals surface area contributed by atoms with E-state index in [1.165, 1.54) is 19.2 Å². The van der Waals surface area contributed by atoms with Crippen molar-refractivity contribution in [1.82, 2.24) is 0 Å². The second kappa shape index (κ2) is 6.86. The maximum absolute atomic E-state index is 12.0. The van der Waals surface area contributed by atoms with Crippen LogP contribution in [0.15, 0.2) is 22.7 Å². The number of rotatable bonds is 4. The molecule has 1 unspecified atom stereocenters. The molecule has 1 aromatic rings. The number of hydrogen-bond acceptors (Lipinski definition) is 5. The van der Waals surface area contributed by atoms with Gasteiger partial charge < -0.3 is 9.64 Å². The standard InChI is InChI=1S/C16H21BrN2O4/c1-16(2,15(20)23-3)11-5-4-8-18(10-11)14-7-6-12(19(21)22)9-13(14)17/h6-7,9,11H,4-5,8,10H2,1-3H3. The quantitative estimate of drug-likeness (QED) is 0.448. The number of methoxy groups -OCH3 is 1. The topological polar surface area (TPSA) is 72.7 Å². The zero-order valence-electron chi connectivity index (χ0n) is 13.5. The van der Waals surface area contributed by atoms with E-state index < -0.39 is 10.3 Å². The van der Waals surface area contributed by atoms with E-state index in [0.29, 0.717) is 4.47 Å². The van der Waals surface area contributed by atoms with Crippen molar-refractivity contribution in [2.45, 2.75) is 26.7 Å². The molecule has 1 heterocycles. The van der Waals surface area contributed by atoms with Crippen LogP contribution in [0, 0.1) is 21.4 Å². The molecule has 126 valence electrons. The van der Waals surface area contributed by atoms with Gasteiger partial charge in [0, 0.05) is 29.7 Å². The molecule has 0 aliphatic carbocycles. The van der Waals surface area contributed by atoms with E-state index in [-0.39, 0.29) is 17.6 Å². The van der Waals surface area contributed by atoms with Crippen LogP contribution in [0.25, 0.3) is 0 Å². The molecule has 1 aliphatic rings. The molecule has 1 saturated heterocycles. The Labute approximate surface area is 144 Å². The third-order valence-corrected chi connectivity index (χ3v) is 5.27. The van der Waals surface area contributed by atoms with Gasteiger partial charge in [-0.3, -0.25) is 14.9 Å². The molecule has 1 atom stereocenters. The number of halogens is 1. The maximum atomic E-state index is 12.0. The lowest BCUT2D eigenvalue weighted by Gasteiger charge is -2.41. The molecule has 1 aliphatic heterocycles. The third kappa shape index (κ3) is 3.65. The highest BCUT2D eigenvalue weighted by molar-refractivity contribution is 9.10. The Morgan fingerprint density at radius 2 is 2.17 bits per heavy atom. The Kier molecular flexibility index (Phi) is 5.29. The van der Waals surface area contributed by atoms with Gasteiger partial charge in [-0.05, 0) is 54.6 Å². The van der Waals surface area contributed by atoms with Crippen LogP contribution in [-0.4, -0.2) is 31.1 Å². The first-order valence-corrected chi connectivity index (χ1v) is 8.34. The number of anilines is 1. The van der Waals surface area contributed by atoms with Crippen molar-refractivity contribution >= 4 is 33.3 Å². The highest BCUT2D eigenvalue weighted by atomic mass is 79.9. The molecule has 0 saturated carbocycles. The summed E-state index contributed by atoms with van der Waals surface area (Å²) in [4.78, 5) is 24.7. The van der Waals surface area contributed by atoms with E-state index in [1.54, 1.807) is 6.07 Å². The molecular formula is C16H21BrN2O4. The molecule has 0 bridgehead atoms. The number of nitro benzene ring substituents is 1. The zero-order valence-corrected chi connectivity index (χ0v) is 15.1. The van der Waals surface area contributed by atoms with Gasteiger partial charge in [0.1, 0.15) is 0 Å². The van der Waals surface area contributed by atoms with Crippen LogP contribution in [0.5, 0.6) is 0 Å². The van der Waals surface area contributed by atoms with Crippen molar-refractivity contribution < 1.29 is 14.5 Å². The summed E-state index contributed by atoms with van der Waals surface area (Å²) in [6.07, 6.45) is 1.93. The van der Waals surface area contributed by atoms with Crippen molar-refractivity contribution in [2.24, 2.45) is 11.3 Å². The van der Waals surface area contributed by atoms with Crippen molar-refractivity contribution in [2.75, 3.05) is 25.1 Å². The summed E-state index contributed by atoms with van der Waals surface area (Å²) in [6.45, 7) is 5.42. The number of ether oxygens (including phenoxy) is 1. The largest absolute Gasteiger partial charge is 0.469 e. The minimum atomic E-state index is -0.555. The minimum Gasteiger partial charge on any atom is -0.469 e. The van der Waals surface area contributed by atoms with Crippen LogP contribution >= 0.6 is 15.9 Å². The van der Waals surface area contributed by atoms with E-state index in [9.17, 15) is 14.9 Å². The van der Waals surface area contributed by atoms with Gasteiger partial charge in [0.25, 0.3) is 5.69 Å². The molecule has 0 amide bonds. The Hall–Kier alpha value is -1.63. The summed E-state index contributed by atoms with van der Waals surface area (Å²) in [5, 5.41) is 10.9. The highest BCUT2D eigenvalue weighted by Crippen LogP contribution is 2.38. The fourth-order valence-electron chi connectivity index (χ4n) is 3.08. The van der Waals surface area contributed by atoms with E-state index in [1.807, 2.05) is 13.8 Å². The molecule has 7 heteroatoms. The number of benzene rings is 1. The SMILES string of the molecule is COC(=O)C(C)(C)C1CCCN(c2ccc([N+](=O)[O-])cc2Br)C1. The van der Waals surface area contributed by atoms with Gasteiger partial charge >= 0.3 is 5.97 Å². The van der Waals surface area contributed by atoms with Crippen molar-refractivity contribution in [3.8, 4) is 0 Å². The lowest BCUT2D eigenvalue weighted by molar-refractivity contribution is -0.384. The van der Waals surface area contributed by atoms with Crippen LogP contribution in [0.4, 0.5) is 11.4 Å². The van der Waals surface area contributed by atoms with Gasteiger partial charge in [0.15, 0.2) is 0 Å². The normalized spacial score (nSPS) is 18.6. The van der Waals surface area contributed by atoms with Crippen molar-refractivity contribution in [3.05, 3.63) is 32.8 Å². The van der Waals surface area contributed by atoms with Gasteiger partial charge in [-0.25, -0.2) is 0 Å². The number of carbonyl (C=O) groups is 1. The summed E-state index contributed by atoms with van der Waals surface area (Å²) in [6, 6.07) is 4.79. The van der Waals surface area contributed by atoms with Gasteiger partial charge in [-0.2, -0.15) is 0 Å². The molecule has 1 aromatic carbocycles. The first-order chi connectivity index (χ1) is 10.8. The summed E-state index contributed by atoms with van der Waals surface area (Å²) in [7, 11) is 1.41. The van der Waals surface area contributed by atoms with Gasteiger partial charge in [0.2, 0.25) is 0 Å². The summed E-state index contributed by atoms with van der Waals surface area (Å²) in [5.74, 6) is -0.0297. The first kappa shape index (κ1) is 17.7. The number of hydrogen-bond donors (Lipinski definition) is 0. The highest BCUT2D eigenvalue weighted by Gasteiger charge is 2.40. The second-order valence-electron chi connectivity index (χ2n) is 6.39. The molecule has 0 aromatic heterocycles. The number of nitrogens with zero attached hydrogens (tertiary/aromatic N) is 2. The molecular weight excluding hydrogens is 364 g/mol. The Bertz CT molecular complexity index is 618. The van der Waals surface area contributed by atoms with E-state index in [4.69, 9.17) is 4.74 Å². The predicted molar refractivity (Wildman–Crippen MR) is 91.5 cm³/mol. The van der Waals surface area contributed by atoms with Crippen LogP contribution in [-0.2, 0) is 9.53 Å². The van der Waals surface area contributed by atoms with Crippen LogP contribution in [0.2, 0.25) is 0 Å². The summed E-state index contributed by atoms with van der Waals surface area (Å²) >= 11 is 3.43. The summed E-state index contributed by atoms with van der Waals surface area (Å²) in [5.41, 5.74) is 0.422. The molecule has 0 N–H and O–H groups in total. The first-order valence-electron chi connectivity index (χ1n) is 7.54. The Morgan fingerprint density at radius 1 is 1.48 bits per heavy atom. The average Bonchev–Trinajstić information content (AvgIpc) is 2.53. The lowest BCUT2D eigenvalue weighted by atomic mass is 9.74.